The number of carbonyl (C=O) groups is 2. The number of likely N-dealkylation sites (tertiary alicyclic amines) is 1. The Hall–Kier alpha value is -1.11. The number of carboxylic acids is 1. The molecule has 0 bridgehead atoms. The number of hydrogen-bond acceptors (Lipinski definition) is 4. The molecule has 1 amide bonds. The maximum Gasteiger partial charge on any atom is 0.308 e. The molecule has 7 heteroatoms. The predicted molar refractivity (Wildman–Crippen MR) is 68.3 cm³/mol. The Labute approximate surface area is 112 Å². The molecule has 2 saturated heterocycles. The molecule has 0 spiro atoms. The van der Waals surface area contributed by atoms with E-state index in [0.717, 1.165) is 0 Å². The molecule has 0 aromatic rings. The Bertz CT molecular complexity index is 486. The van der Waals surface area contributed by atoms with E-state index >= 15 is 0 Å². The van der Waals surface area contributed by atoms with E-state index in [1.165, 1.54) is 0 Å². The van der Waals surface area contributed by atoms with E-state index in [9.17, 15) is 18.0 Å². The molecule has 3 unspecified atom stereocenters. The average molecular weight is 289 g/mol. The number of rotatable bonds is 3. The minimum Gasteiger partial charge on any atom is -0.481 e. The molecule has 0 saturated carbocycles. The maximum atomic E-state index is 12.1. The van der Waals surface area contributed by atoms with Crippen molar-refractivity contribution >= 4 is 21.7 Å². The second kappa shape index (κ2) is 5.11. The molecule has 2 fully saturated rings. The molecule has 0 radical (unpaired) electrons. The fraction of sp³-hybridized carbons (Fsp3) is 0.833. The Morgan fingerprint density at radius 2 is 2.00 bits per heavy atom. The van der Waals surface area contributed by atoms with Crippen molar-refractivity contribution in [2.45, 2.75) is 32.2 Å². The van der Waals surface area contributed by atoms with E-state index in [2.05, 4.69) is 0 Å². The molecule has 6 nitrogen and oxygen atoms in total. The molecule has 2 rings (SSSR count). The Morgan fingerprint density at radius 1 is 1.32 bits per heavy atom. The summed E-state index contributed by atoms with van der Waals surface area (Å²) >= 11 is 0. The third kappa shape index (κ3) is 3.08. The number of amides is 1. The van der Waals surface area contributed by atoms with Gasteiger partial charge in [0.15, 0.2) is 9.84 Å². The van der Waals surface area contributed by atoms with Crippen LogP contribution in [0.4, 0.5) is 0 Å². The van der Waals surface area contributed by atoms with Gasteiger partial charge in [-0.3, -0.25) is 9.59 Å². The van der Waals surface area contributed by atoms with Gasteiger partial charge in [-0.15, -0.1) is 0 Å². The van der Waals surface area contributed by atoms with Gasteiger partial charge in [-0.05, 0) is 25.7 Å². The van der Waals surface area contributed by atoms with Gasteiger partial charge in [0.1, 0.15) is 0 Å². The first-order valence-electron chi connectivity index (χ1n) is 6.53. The Morgan fingerprint density at radius 3 is 2.47 bits per heavy atom. The van der Waals surface area contributed by atoms with Crippen LogP contribution in [0.25, 0.3) is 0 Å². The highest BCUT2D eigenvalue weighted by Gasteiger charge is 2.39. The number of nitrogens with zero attached hydrogens (tertiary/aromatic N) is 1. The lowest BCUT2D eigenvalue weighted by Crippen LogP contribution is -2.38. The van der Waals surface area contributed by atoms with Crippen LogP contribution in [-0.2, 0) is 19.4 Å². The molecule has 2 aliphatic rings. The van der Waals surface area contributed by atoms with Crippen LogP contribution in [0.15, 0.2) is 0 Å². The summed E-state index contributed by atoms with van der Waals surface area (Å²) in [5.41, 5.74) is 0. The van der Waals surface area contributed by atoms with E-state index in [-0.39, 0.29) is 35.8 Å². The minimum absolute atomic E-state index is 0.0866. The first kappa shape index (κ1) is 14.3. The topological polar surface area (TPSA) is 91.8 Å². The average Bonchev–Trinajstić information content (AvgIpc) is 2.81. The SMILES string of the molecule is CC1C(C(=O)O)CCN1C(=O)CC1CCS(=O)(=O)C1. The van der Waals surface area contributed by atoms with Crippen LogP contribution < -0.4 is 0 Å². The van der Waals surface area contributed by atoms with Crippen molar-refractivity contribution in [3.63, 3.8) is 0 Å². The quantitative estimate of drug-likeness (QED) is 0.797. The van der Waals surface area contributed by atoms with Gasteiger partial charge in [-0.1, -0.05) is 0 Å². The first-order valence-corrected chi connectivity index (χ1v) is 8.35. The van der Waals surface area contributed by atoms with Gasteiger partial charge in [0.25, 0.3) is 0 Å². The molecule has 3 atom stereocenters. The molecule has 0 aliphatic carbocycles. The second-order valence-electron chi connectivity index (χ2n) is 5.53. The molecule has 2 heterocycles. The molecule has 1 N–H and O–H groups in total. The van der Waals surface area contributed by atoms with Crippen LogP contribution in [0.5, 0.6) is 0 Å². The fourth-order valence-corrected chi connectivity index (χ4v) is 4.88. The van der Waals surface area contributed by atoms with Crippen LogP contribution in [-0.4, -0.2) is 54.4 Å². The number of aliphatic carboxylic acids is 1. The molecule has 0 aromatic carbocycles. The highest BCUT2D eigenvalue weighted by atomic mass is 32.2. The van der Waals surface area contributed by atoms with Gasteiger partial charge in [0.2, 0.25) is 5.91 Å². The molecule has 108 valence electrons. The highest BCUT2D eigenvalue weighted by Crippen LogP contribution is 2.28. The number of carbonyl (C=O) groups excluding carboxylic acids is 1. The van der Waals surface area contributed by atoms with Crippen molar-refractivity contribution in [2.24, 2.45) is 11.8 Å². The van der Waals surface area contributed by atoms with Gasteiger partial charge < -0.3 is 10.0 Å². The van der Waals surface area contributed by atoms with E-state index in [1.807, 2.05) is 0 Å². The normalized spacial score (nSPS) is 33.5. The highest BCUT2D eigenvalue weighted by molar-refractivity contribution is 7.91. The summed E-state index contributed by atoms with van der Waals surface area (Å²) in [5.74, 6) is -1.34. The third-order valence-corrected chi connectivity index (χ3v) is 6.02. The summed E-state index contributed by atoms with van der Waals surface area (Å²) in [4.78, 5) is 24.7. The van der Waals surface area contributed by atoms with Crippen molar-refractivity contribution in [3.05, 3.63) is 0 Å². The number of carboxylic acid groups (broad SMARTS) is 1. The predicted octanol–water partition coefficient (Wildman–Crippen LogP) is 0.133. The lowest BCUT2D eigenvalue weighted by molar-refractivity contribution is -0.143. The van der Waals surface area contributed by atoms with Crippen molar-refractivity contribution in [1.82, 2.24) is 4.90 Å². The first-order chi connectivity index (χ1) is 8.80. The largest absolute Gasteiger partial charge is 0.481 e. The van der Waals surface area contributed by atoms with Gasteiger partial charge in [-0.2, -0.15) is 0 Å². The van der Waals surface area contributed by atoms with Crippen molar-refractivity contribution in [3.8, 4) is 0 Å². The van der Waals surface area contributed by atoms with E-state index < -0.39 is 21.7 Å². The van der Waals surface area contributed by atoms with Crippen molar-refractivity contribution in [1.29, 1.82) is 0 Å². The zero-order valence-corrected chi connectivity index (χ0v) is 11.7. The van der Waals surface area contributed by atoms with Crippen LogP contribution in [0.2, 0.25) is 0 Å². The van der Waals surface area contributed by atoms with Crippen LogP contribution >= 0.6 is 0 Å². The number of hydrogen-bond donors (Lipinski definition) is 1. The van der Waals surface area contributed by atoms with Crippen molar-refractivity contribution < 1.29 is 23.1 Å². The van der Waals surface area contributed by atoms with Crippen LogP contribution in [0.3, 0.4) is 0 Å². The van der Waals surface area contributed by atoms with Gasteiger partial charge in [-0.25, -0.2) is 8.42 Å². The number of sulfone groups is 1. The van der Waals surface area contributed by atoms with Crippen molar-refractivity contribution in [2.75, 3.05) is 18.1 Å². The molecular weight excluding hydrogens is 270 g/mol. The van der Waals surface area contributed by atoms with E-state index in [0.29, 0.717) is 19.4 Å². The fourth-order valence-electron chi connectivity index (χ4n) is 3.02. The Kier molecular flexibility index (Phi) is 3.85. The lowest BCUT2D eigenvalue weighted by Gasteiger charge is -2.24. The minimum atomic E-state index is -2.97. The summed E-state index contributed by atoms with van der Waals surface area (Å²) < 4.78 is 22.7. The van der Waals surface area contributed by atoms with Gasteiger partial charge in [0.05, 0.1) is 17.4 Å². The van der Waals surface area contributed by atoms with E-state index in [4.69, 9.17) is 5.11 Å². The Balaban J connectivity index is 1.93. The smallest absolute Gasteiger partial charge is 0.308 e. The van der Waals surface area contributed by atoms with Gasteiger partial charge >= 0.3 is 5.97 Å². The molecular formula is C12H19NO5S. The summed E-state index contributed by atoms with van der Waals surface area (Å²) in [6.45, 7) is 2.20. The lowest BCUT2D eigenvalue weighted by atomic mass is 10.0. The summed E-state index contributed by atoms with van der Waals surface area (Å²) in [6, 6.07) is -0.303. The third-order valence-electron chi connectivity index (χ3n) is 4.18. The maximum absolute atomic E-state index is 12.1. The van der Waals surface area contributed by atoms with Crippen LogP contribution in [0, 0.1) is 11.8 Å². The molecule has 0 aromatic heterocycles. The molecule has 2 aliphatic heterocycles. The summed E-state index contributed by atoms with van der Waals surface area (Å²) in [6.07, 6.45) is 1.24. The van der Waals surface area contributed by atoms with Crippen LogP contribution in [0.1, 0.15) is 26.2 Å². The second-order valence-corrected chi connectivity index (χ2v) is 7.76. The molecule has 19 heavy (non-hydrogen) atoms. The van der Waals surface area contributed by atoms with E-state index in [1.54, 1.807) is 11.8 Å². The van der Waals surface area contributed by atoms with Gasteiger partial charge in [0, 0.05) is 19.0 Å². The summed E-state index contributed by atoms with van der Waals surface area (Å²) in [5, 5.41) is 9.02. The zero-order valence-electron chi connectivity index (χ0n) is 10.9. The summed E-state index contributed by atoms with van der Waals surface area (Å²) in [7, 11) is -2.97. The monoisotopic (exact) mass is 289 g/mol. The zero-order chi connectivity index (χ0) is 14.2. The standard InChI is InChI=1S/C12H19NO5S/c1-8-10(12(15)16)2-4-13(8)11(14)6-9-3-5-19(17,18)7-9/h8-10H,2-7H2,1H3,(H,15,16).